The number of carbonyl (C=O) groups is 3. The Morgan fingerprint density at radius 2 is 1.63 bits per heavy atom. The van der Waals surface area contributed by atoms with Crippen molar-refractivity contribution in [2.24, 2.45) is 0 Å². The van der Waals surface area contributed by atoms with E-state index in [9.17, 15) is 14.4 Å². The van der Waals surface area contributed by atoms with Crippen LogP contribution < -0.4 is 19.5 Å². The molecule has 2 aromatic carbocycles. The van der Waals surface area contributed by atoms with Crippen molar-refractivity contribution in [2.45, 2.75) is 25.4 Å². The molecule has 0 aliphatic carbocycles. The highest BCUT2D eigenvalue weighted by Crippen LogP contribution is 2.38. The number of piperidine rings is 1. The number of para-hydroxylation sites is 1. The van der Waals surface area contributed by atoms with Gasteiger partial charge in [-0.25, -0.2) is 4.79 Å². The first kappa shape index (κ1) is 24.1. The van der Waals surface area contributed by atoms with Crippen LogP contribution in [0, 0.1) is 0 Å². The third kappa shape index (κ3) is 5.08. The van der Waals surface area contributed by atoms with Gasteiger partial charge in [0.25, 0.3) is 0 Å². The summed E-state index contributed by atoms with van der Waals surface area (Å²) in [7, 11) is 4.43. The number of amides is 3. The molecule has 4 rings (SSSR count). The summed E-state index contributed by atoms with van der Waals surface area (Å²) in [5.74, 6) is 0.525. The molecule has 35 heavy (non-hydrogen) atoms. The maximum absolute atomic E-state index is 12.7. The van der Waals surface area contributed by atoms with Crippen LogP contribution in [0.2, 0.25) is 0 Å². The molecule has 1 saturated heterocycles. The number of likely N-dealkylation sites (tertiary alicyclic amines) is 1. The second-order valence-corrected chi connectivity index (χ2v) is 8.38. The maximum atomic E-state index is 12.7. The Bertz CT molecular complexity index is 1130. The third-order valence-electron chi connectivity index (χ3n) is 6.40. The topological polar surface area (TPSA) is 97.4 Å². The van der Waals surface area contributed by atoms with Crippen LogP contribution in [-0.2, 0) is 11.3 Å². The first-order chi connectivity index (χ1) is 16.9. The minimum absolute atomic E-state index is 0.0530. The van der Waals surface area contributed by atoms with Crippen molar-refractivity contribution in [3.8, 4) is 17.2 Å². The summed E-state index contributed by atoms with van der Waals surface area (Å²) in [6, 6.07) is 10.8. The van der Waals surface area contributed by atoms with E-state index in [1.54, 1.807) is 17.0 Å². The number of nitrogens with one attached hydrogen (secondary N) is 1. The van der Waals surface area contributed by atoms with E-state index in [2.05, 4.69) is 5.32 Å². The minimum atomic E-state index is -0.351. The highest BCUT2D eigenvalue weighted by molar-refractivity contribution is 6.08. The van der Waals surface area contributed by atoms with Crippen molar-refractivity contribution in [3.63, 3.8) is 0 Å². The highest BCUT2D eigenvalue weighted by atomic mass is 16.5. The van der Waals surface area contributed by atoms with E-state index in [-0.39, 0.29) is 23.8 Å². The molecule has 1 N–H and O–H groups in total. The van der Waals surface area contributed by atoms with E-state index >= 15 is 0 Å². The lowest BCUT2D eigenvalue weighted by atomic mass is 10.0. The Morgan fingerprint density at radius 3 is 2.26 bits per heavy atom. The number of ketones is 1. The molecule has 0 atom stereocenters. The predicted molar refractivity (Wildman–Crippen MR) is 130 cm³/mol. The van der Waals surface area contributed by atoms with Crippen LogP contribution in [0.3, 0.4) is 0 Å². The number of benzene rings is 2. The number of rotatable bonds is 7. The number of methoxy groups -OCH3 is 3. The van der Waals surface area contributed by atoms with Crippen molar-refractivity contribution >= 4 is 23.4 Å². The van der Waals surface area contributed by atoms with Gasteiger partial charge in [0.2, 0.25) is 11.7 Å². The fourth-order valence-corrected chi connectivity index (χ4v) is 4.49. The van der Waals surface area contributed by atoms with E-state index < -0.39 is 0 Å². The molecule has 0 radical (unpaired) electrons. The lowest BCUT2D eigenvalue weighted by molar-refractivity contribution is -0.127. The van der Waals surface area contributed by atoms with E-state index in [1.165, 1.54) is 33.5 Å². The molecule has 2 aliphatic heterocycles. The number of hydrogen-bond donors (Lipinski definition) is 1. The van der Waals surface area contributed by atoms with Gasteiger partial charge in [0.1, 0.15) is 0 Å². The molecule has 3 amide bonds. The minimum Gasteiger partial charge on any atom is -0.493 e. The van der Waals surface area contributed by atoms with E-state index in [1.807, 2.05) is 29.2 Å². The number of urea groups is 1. The Balaban J connectivity index is 1.36. The van der Waals surface area contributed by atoms with Crippen molar-refractivity contribution < 1.29 is 28.6 Å². The van der Waals surface area contributed by atoms with Gasteiger partial charge >= 0.3 is 6.03 Å². The molecule has 0 aromatic heterocycles. The summed E-state index contributed by atoms with van der Waals surface area (Å²) >= 11 is 0. The molecule has 0 bridgehead atoms. The summed E-state index contributed by atoms with van der Waals surface area (Å²) < 4.78 is 15.9. The summed E-state index contributed by atoms with van der Waals surface area (Å²) in [4.78, 5) is 41.5. The molecule has 0 saturated carbocycles. The summed E-state index contributed by atoms with van der Waals surface area (Å²) in [5.41, 5.74) is 2.25. The number of hydrogen-bond acceptors (Lipinski definition) is 6. The van der Waals surface area contributed by atoms with Crippen LogP contribution in [0.1, 0.15) is 28.8 Å². The Labute approximate surface area is 204 Å². The molecule has 9 heteroatoms. The molecule has 0 unspecified atom stereocenters. The van der Waals surface area contributed by atoms with Gasteiger partial charge in [0.15, 0.2) is 17.3 Å². The van der Waals surface area contributed by atoms with Gasteiger partial charge in [-0.3, -0.25) is 9.59 Å². The average molecular weight is 480 g/mol. The van der Waals surface area contributed by atoms with E-state index in [4.69, 9.17) is 14.2 Å². The first-order valence-electron chi connectivity index (χ1n) is 11.4. The fraction of sp³-hybridized carbons (Fsp3) is 0.346. The van der Waals surface area contributed by atoms with Crippen LogP contribution in [0.15, 0.2) is 48.6 Å². The lowest BCUT2D eigenvalue weighted by Crippen LogP contribution is -2.50. The average Bonchev–Trinajstić information content (AvgIpc) is 2.90. The second kappa shape index (κ2) is 10.5. The quantitative estimate of drug-likeness (QED) is 0.482. The first-order valence-corrected chi connectivity index (χ1v) is 11.4. The third-order valence-corrected chi connectivity index (χ3v) is 6.40. The standard InChI is InChI=1S/C26H29N3O6/c1-33-22-14-18(15-23(34-2)25(22)35-3)21(30)8-9-24(31)28-12-10-19(11-13-28)29-16-17-6-4-5-7-20(17)27-26(29)32/h4-9,14-15,19H,10-13,16H2,1-3H3,(H,27,32). The molecular weight excluding hydrogens is 450 g/mol. The van der Waals surface area contributed by atoms with Gasteiger partial charge in [-0.2, -0.15) is 0 Å². The van der Waals surface area contributed by atoms with Gasteiger partial charge in [0, 0.05) is 43.0 Å². The number of ether oxygens (including phenoxy) is 3. The maximum Gasteiger partial charge on any atom is 0.322 e. The zero-order valence-corrected chi connectivity index (χ0v) is 20.1. The molecule has 184 valence electrons. The van der Waals surface area contributed by atoms with Crippen molar-refractivity contribution in [1.82, 2.24) is 9.80 Å². The van der Waals surface area contributed by atoms with Gasteiger partial charge in [-0.05, 0) is 42.7 Å². The summed E-state index contributed by atoms with van der Waals surface area (Å²) in [5, 5.41) is 2.95. The van der Waals surface area contributed by atoms with Gasteiger partial charge < -0.3 is 29.3 Å². The molecule has 2 aromatic rings. The van der Waals surface area contributed by atoms with Gasteiger partial charge in [-0.1, -0.05) is 18.2 Å². The number of allylic oxidation sites excluding steroid dienone is 1. The SMILES string of the molecule is COc1cc(C(=O)C=CC(=O)N2CCC(N3Cc4ccccc4NC3=O)CC2)cc(OC)c1OC. The van der Waals surface area contributed by atoms with Crippen LogP contribution in [0.25, 0.3) is 0 Å². The van der Waals surface area contributed by atoms with Gasteiger partial charge in [0.05, 0.1) is 21.3 Å². The van der Waals surface area contributed by atoms with Crippen LogP contribution in [0.5, 0.6) is 17.2 Å². The van der Waals surface area contributed by atoms with Crippen LogP contribution in [0.4, 0.5) is 10.5 Å². The predicted octanol–water partition coefficient (Wildman–Crippen LogP) is 3.49. The second-order valence-electron chi connectivity index (χ2n) is 8.38. The molecule has 2 aliphatic rings. The molecule has 1 fully saturated rings. The Morgan fingerprint density at radius 1 is 0.971 bits per heavy atom. The zero-order valence-electron chi connectivity index (χ0n) is 20.1. The smallest absolute Gasteiger partial charge is 0.322 e. The Hall–Kier alpha value is -4.01. The monoisotopic (exact) mass is 479 g/mol. The summed E-state index contributed by atoms with van der Waals surface area (Å²) in [6.45, 7) is 1.58. The number of fused-ring (bicyclic) bond motifs is 1. The molecular formula is C26H29N3O6. The fourth-order valence-electron chi connectivity index (χ4n) is 4.49. The molecule has 2 heterocycles. The largest absolute Gasteiger partial charge is 0.493 e. The van der Waals surface area contributed by atoms with Crippen LogP contribution in [-0.4, -0.2) is 68.0 Å². The zero-order chi connectivity index (χ0) is 24.9. The van der Waals surface area contributed by atoms with Crippen molar-refractivity contribution in [2.75, 3.05) is 39.7 Å². The molecule has 9 nitrogen and oxygen atoms in total. The number of anilines is 1. The normalized spacial score (nSPS) is 16.0. The van der Waals surface area contributed by atoms with Gasteiger partial charge in [-0.15, -0.1) is 0 Å². The Kier molecular flexibility index (Phi) is 7.24. The number of carbonyl (C=O) groups excluding carboxylic acids is 3. The van der Waals surface area contributed by atoms with Crippen molar-refractivity contribution in [3.05, 3.63) is 59.7 Å². The van der Waals surface area contributed by atoms with Crippen LogP contribution >= 0.6 is 0 Å². The lowest BCUT2D eigenvalue weighted by Gasteiger charge is -2.40. The molecule has 0 spiro atoms. The number of nitrogens with zero attached hydrogens (tertiary/aromatic N) is 2. The highest BCUT2D eigenvalue weighted by Gasteiger charge is 2.32. The van der Waals surface area contributed by atoms with Crippen molar-refractivity contribution in [1.29, 1.82) is 0 Å². The summed E-state index contributed by atoms with van der Waals surface area (Å²) in [6.07, 6.45) is 3.89. The van der Waals surface area contributed by atoms with E-state index in [0.717, 1.165) is 11.3 Å². The van der Waals surface area contributed by atoms with E-state index in [0.29, 0.717) is 55.3 Å².